The number of unbranched alkanes of at least 4 members (excludes halogenated alkanes) is 12. The van der Waals surface area contributed by atoms with Crippen LogP contribution in [-0.2, 0) is 15.7 Å². The Balaban J connectivity index is 1.60. The molecule has 1 heterocycles. The van der Waals surface area contributed by atoms with Gasteiger partial charge in [0.25, 0.3) is 5.91 Å². The number of hydrogen-bond donors (Lipinski definition) is 0. The largest absolute Gasteiger partial charge is 0.464 e. The number of ether oxygens (including phenoxy) is 1. The van der Waals surface area contributed by atoms with Crippen molar-refractivity contribution in [3.05, 3.63) is 35.4 Å². The fourth-order valence-electron chi connectivity index (χ4n) is 4.64. The first-order chi connectivity index (χ1) is 16.8. The molecule has 1 saturated heterocycles. The minimum atomic E-state index is -4.52. The second kappa shape index (κ2) is 15.8. The lowest BCUT2D eigenvalue weighted by Gasteiger charge is -2.23. The summed E-state index contributed by atoms with van der Waals surface area (Å²) < 4.78 is 44.4. The summed E-state index contributed by atoms with van der Waals surface area (Å²) in [6.07, 6.45) is 12.6. The van der Waals surface area contributed by atoms with E-state index in [-0.39, 0.29) is 5.56 Å². The highest BCUT2D eigenvalue weighted by Gasteiger charge is 2.37. The van der Waals surface area contributed by atoms with Crippen LogP contribution in [-0.4, -0.2) is 36.0 Å². The van der Waals surface area contributed by atoms with Crippen LogP contribution in [0.5, 0.6) is 0 Å². The van der Waals surface area contributed by atoms with Gasteiger partial charge in [0.15, 0.2) is 0 Å². The zero-order valence-electron chi connectivity index (χ0n) is 21.2. The molecule has 1 unspecified atom stereocenters. The summed E-state index contributed by atoms with van der Waals surface area (Å²) in [5.41, 5.74) is -0.930. The first-order valence-corrected chi connectivity index (χ1v) is 13.5. The normalized spacial score (nSPS) is 16.0. The van der Waals surface area contributed by atoms with Gasteiger partial charge in [0.2, 0.25) is 0 Å². The second-order valence-corrected chi connectivity index (χ2v) is 9.65. The van der Waals surface area contributed by atoms with Crippen molar-refractivity contribution in [3.63, 3.8) is 0 Å². The maximum Gasteiger partial charge on any atom is 0.416 e. The average Bonchev–Trinajstić information content (AvgIpc) is 3.33. The van der Waals surface area contributed by atoms with Crippen LogP contribution in [0.3, 0.4) is 0 Å². The molecule has 1 amide bonds. The van der Waals surface area contributed by atoms with Crippen LogP contribution in [0.4, 0.5) is 13.2 Å². The summed E-state index contributed by atoms with van der Waals surface area (Å²) in [7, 11) is 0. The Morgan fingerprint density at radius 1 is 0.914 bits per heavy atom. The number of halogens is 3. The van der Waals surface area contributed by atoms with Gasteiger partial charge in [-0.25, -0.2) is 4.79 Å². The topological polar surface area (TPSA) is 46.6 Å². The van der Waals surface area contributed by atoms with Crippen LogP contribution in [0.15, 0.2) is 24.3 Å². The third kappa shape index (κ3) is 10.6. The highest BCUT2D eigenvalue weighted by atomic mass is 19.4. The van der Waals surface area contributed by atoms with Crippen LogP contribution in [0.25, 0.3) is 0 Å². The van der Waals surface area contributed by atoms with Gasteiger partial charge in [0, 0.05) is 12.1 Å². The molecule has 198 valence electrons. The molecule has 1 atom stereocenters. The van der Waals surface area contributed by atoms with Gasteiger partial charge < -0.3 is 9.64 Å². The number of carbonyl (C=O) groups is 2. The SMILES string of the molecule is CCCCCCCCCCCCCCCOC(=O)C1CCCN1C(=O)c1cccc(C(F)(F)F)c1. The molecule has 0 aliphatic carbocycles. The first kappa shape index (κ1) is 29.2. The average molecular weight is 498 g/mol. The van der Waals surface area contributed by atoms with Gasteiger partial charge in [0.1, 0.15) is 6.04 Å². The Morgan fingerprint density at radius 3 is 2.06 bits per heavy atom. The summed E-state index contributed by atoms with van der Waals surface area (Å²) >= 11 is 0. The molecule has 35 heavy (non-hydrogen) atoms. The minimum Gasteiger partial charge on any atom is -0.464 e. The molecule has 4 nitrogen and oxygen atoms in total. The Hall–Kier alpha value is -2.05. The van der Waals surface area contributed by atoms with Crippen molar-refractivity contribution in [2.75, 3.05) is 13.2 Å². The summed E-state index contributed by atoms with van der Waals surface area (Å²) in [6.45, 7) is 2.90. The van der Waals surface area contributed by atoms with Gasteiger partial charge in [-0.15, -0.1) is 0 Å². The standard InChI is InChI=1S/C28H42F3NO3/c1-2-3-4-5-6-7-8-9-10-11-12-13-14-21-35-27(34)25-19-16-20-32(25)26(33)23-17-15-18-24(22-23)28(29,30)31/h15,17-18,22,25H,2-14,16,19-21H2,1H3. The molecule has 0 aromatic heterocycles. The number of likely N-dealkylation sites (tertiary alicyclic amines) is 1. The fourth-order valence-corrected chi connectivity index (χ4v) is 4.64. The molecule has 0 saturated carbocycles. The number of carbonyl (C=O) groups excluding carboxylic acids is 2. The minimum absolute atomic E-state index is 0.0592. The lowest BCUT2D eigenvalue weighted by Crippen LogP contribution is -2.41. The zero-order valence-corrected chi connectivity index (χ0v) is 21.2. The van der Waals surface area contributed by atoms with Crippen molar-refractivity contribution >= 4 is 11.9 Å². The molecule has 7 heteroatoms. The summed E-state index contributed by atoms with van der Waals surface area (Å²) in [5, 5.41) is 0. The van der Waals surface area contributed by atoms with Crippen LogP contribution < -0.4 is 0 Å². The Labute approximate surface area is 208 Å². The highest BCUT2D eigenvalue weighted by molar-refractivity contribution is 5.97. The molecule has 0 spiro atoms. The summed E-state index contributed by atoms with van der Waals surface area (Å²) in [4.78, 5) is 26.7. The number of esters is 1. The number of hydrogen-bond acceptors (Lipinski definition) is 3. The van der Waals surface area contributed by atoms with Crippen molar-refractivity contribution in [3.8, 4) is 0 Å². The molecule has 1 aromatic rings. The van der Waals surface area contributed by atoms with E-state index >= 15 is 0 Å². The molecular weight excluding hydrogens is 455 g/mol. The van der Waals surface area contributed by atoms with Gasteiger partial charge in [-0.2, -0.15) is 13.2 Å². The molecule has 0 bridgehead atoms. The Kier molecular flexibility index (Phi) is 13.2. The predicted octanol–water partition coefficient (Wildman–Crippen LogP) is 7.94. The van der Waals surface area contributed by atoms with Gasteiger partial charge in [-0.1, -0.05) is 90.0 Å². The number of amides is 1. The number of nitrogens with zero attached hydrogens (tertiary/aromatic N) is 1. The van der Waals surface area contributed by atoms with E-state index < -0.39 is 29.7 Å². The number of alkyl halides is 3. The van der Waals surface area contributed by atoms with E-state index in [9.17, 15) is 22.8 Å². The molecular formula is C28H42F3NO3. The third-order valence-corrected chi connectivity index (χ3v) is 6.71. The first-order valence-electron chi connectivity index (χ1n) is 13.5. The van der Waals surface area contributed by atoms with Crippen LogP contribution in [0, 0.1) is 0 Å². The monoisotopic (exact) mass is 497 g/mol. The summed E-state index contributed by atoms with van der Waals surface area (Å²) in [5.74, 6) is -1.02. The van der Waals surface area contributed by atoms with Crippen LogP contribution in [0.1, 0.15) is 119 Å². The second-order valence-electron chi connectivity index (χ2n) is 9.65. The third-order valence-electron chi connectivity index (χ3n) is 6.71. The van der Waals surface area contributed by atoms with E-state index in [0.29, 0.717) is 26.0 Å². The van der Waals surface area contributed by atoms with E-state index in [1.807, 2.05) is 0 Å². The molecule has 1 fully saturated rings. The zero-order chi connectivity index (χ0) is 25.5. The van der Waals surface area contributed by atoms with Crippen LogP contribution in [0.2, 0.25) is 0 Å². The van der Waals surface area contributed by atoms with E-state index in [1.54, 1.807) is 0 Å². The van der Waals surface area contributed by atoms with E-state index in [2.05, 4.69) is 6.92 Å². The van der Waals surface area contributed by atoms with E-state index in [4.69, 9.17) is 4.74 Å². The van der Waals surface area contributed by atoms with Gasteiger partial charge in [0.05, 0.1) is 12.2 Å². The fraction of sp³-hybridized carbons (Fsp3) is 0.714. The van der Waals surface area contributed by atoms with Crippen molar-refractivity contribution < 1.29 is 27.5 Å². The lowest BCUT2D eigenvalue weighted by atomic mass is 10.0. The number of benzene rings is 1. The van der Waals surface area contributed by atoms with E-state index in [0.717, 1.165) is 31.4 Å². The molecule has 0 N–H and O–H groups in total. The van der Waals surface area contributed by atoms with Gasteiger partial charge in [-0.05, 0) is 37.5 Å². The van der Waals surface area contributed by atoms with E-state index in [1.165, 1.54) is 81.2 Å². The van der Waals surface area contributed by atoms with Crippen molar-refractivity contribution in [1.29, 1.82) is 0 Å². The summed E-state index contributed by atoms with van der Waals surface area (Å²) in [6, 6.07) is 3.62. The van der Waals surface area contributed by atoms with Crippen molar-refractivity contribution in [2.45, 2.75) is 115 Å². The molecule has 1 aliphatic heterocycles. The smallest absolute Gasteiger partial charge is 0.416 e. The van der Waals surface area contributed by atoms with Gasteiger partial charge >= 0.3 is 12.1 Å². The molecule has 0 radical (unpaired) electrons. The maximum absolute atomic E-state index is 13.0. The molecule has 1 aliphatic rings. The Morgan fingerprint density at radius 2 is 1.49 bits per heavy atom. The predicted molar refractivity (Wildman–Crippen MR) is 132 cm³/mol. The van der Waals surface area contributed by atoms with Gasteiger partial charge in [-0.3, -0.25) is 4.79 Å². The Bertz CT molecular complexity index is 766. The molecule has 1 aromatic carbocycles. The number of rotatable bonds is 16. The maximum atomic E-state index is 13.0. The van der Waals surface area contributed by atoms with Crippen LogP contribution >= 0.6 is 0 Å². The highest BCUT2D eigenvalue weighted by Crippen LogP contribution is 2.30. The van der Waals surface area contributed by atoms with Crippen molar-refractivity contribution in [2.24, 2.45) is 0 Å². The lowest BCUT2D eigenvalue weighted by molar-refractivity contribution is -0.148. The molecule has 2 rings (SSSR count). The quantitative estimate of drug-likeness (QED) is 0.172. The van der Waals surface area contributed by atoms with Crippen molar-refractivity contribution in [1.82, 2.24) is 4.90 Å².